The van der Waals surface area contributed by atoms with Gasteiger partial charge in [0.05, 0.1) is 16.9 Å². The maximum atomic E-state index is 12.4. The van der Waals surface area contributed by atoms with Gasteiger partial charge in [-0.05, 0) is 38.6 Å². The summed E-state index contributed by atoms with van der Waals surface area (Å²) in [5.74, 6) is -0.0533. The van der Waals surface area contributed by atoms with Gasteiger partial charge in [-0.3, -0.25) is 9.78 Å². The lowest BCUT2D eigenvalue weighted by molar-refractivity contribution is 0.0950. The average molecular weight is 338 g/mol. The summed E-state index contributed by atoms with van der Waals surface area (Å²) < 4.78 is 0. The molecule has 1 aromatic carbocycles. The van der Waals surface area contributed by atoms with E-state index in [-0.39, 0.29) is 5.91 Å². The van der Waals surface area contributed by atoms with Crippen LogP contribution in [0.15, 0.2) is 42.6 Å². The van der Waals surface area contributed by atoms with Gasteiger partial charge in [-0.1, -0.05) is 30.3 Å². The number of nitrogens with one attached hydrogen (secondary N) is 1. The van der Waals surface area contributed by atoms with E-state index in [1.807, 2.05) is 31.1 Å². The first-order valence-corrected chi connectivity index (χ1v) is 8.84. The van der Waals surface area contributed by atoms with Gasteiger partial charge in [-0.2, -0.15) is 0 Å². The Morgan fingerprint density at radius 3 is 2.84 bits per heavy atom. The highest BCUT2D eigenvalue weighted by Gasteiger charge is 2.20. The molecule has 0 atom stereocenters. The number of pyridine rings is 1. The SMILES string of the molecule is CN(C)CCNC(=O)c1cnc2c(c1)N(Cc1ccccc1)CCC2. The Morgan fingerprint density at radius 1 is 1.28 bits per heavy atom. The molecule has 0 saturated heterocycles. The van der Waals surface area contributed by atoms with Crippen LogP contribution < -0.4 is 10.2 Å². The van der Waals surface area contributed by atoms with Crippen molar-refractivity contribution in [3.8, 4) is 0 Å². The predicted molar refractivity (Wildman–Crippen MR) is 101 cm³/mol. The molecule has 1 aliphatic rings. The zero-order chi connectivity index (χ0) is 17.6. The molecular weight excluding hydrogens is 312 g/mol. The number of aromatic nitrogens is 1. The van der Waals surface area contributed by atoms with Gasteiger partial charge in [-0.25, -0.2) is 0 Å². The third-order valence-corrected chi connectivity index (χ3v) is 4.45. The number of likely N-dealkylation sites (N-methyl/N-ethyl adjacent to an activating group) is 1. The van der Waals surface area contributed by atoms with Gasteiger partial charge in [0.15, 0.2) is 0 Å². The van der Waals surface area contributed by atoms with Crippen LogP contribution in [0.25, 0.3) is 0 Å². The Labute approximate surface area is 149 Å². The van der Waals surface area contributed by atoms with Crippen LogP contribution in [0.5, 0.6) is 0 Å². The highest BCUT2D eigenvalue weighted by atomic mass is 16.1. The normalized spacial score (nSPS) is 13.6. The number of carbonyl (C=O) groups excluding carboxylic acids is 1. The van der Waals surface area contributed by atoms with Crippen LogP contribution in [0, 0.1) is 0 Å². The number of anilines is 1. The van der Waals surface area contributed by atoms with Crippen molar-refractivity contribution < 1.29 is 4.79 Å². The molecule has 2 aromatic rings. The molecule has 1 aliphatic heterocycles. The minimum atomic E-state index is -0.0533. The number of rotatable bonds is 6. The molecule has 1 amide bonds. The second-order valence-corrected chi connectivity index (χ2v) is 6.76. The lowest BCUT2D eigenvalue weighted by Gasteiger charge is -2.31. The summed E-state index contributed by atoms with van der Waals surface area (Å²) in [5, 5.41) is 2.96. The molecule has 5 nitrogen and oxygen atoms in total. The fourth-order valence-electron chi connectivity index (χ4n) is 3.09. The summed E-state index contributed by atoms with van der Waals surface area (Å²) in [5.41, 5.74) is 4.09. The second-order valence-electron chi connectivity index (χ2n) is 6.76. The fourth-order valence-corrected chi connectivity index (χ4v) is 3.09. The van der Waals surface area contributed by atoms with Gasteiger partial charge in [0.25, 0.3) is 5.91 Å². The molecule has 25 heavy (non-hydrogen) atoms. The molecule has 0 spiro atoms. The van der Waals surface area contributed by atoms with Crippen LogP contribution >= 0.6 is 0 Å². The summed E-state index contributed by atoms with van der Waals surface area (Å²) in [6.07, 6.45) is 3.78. The van der Waals surface area contributed by atoms with Crippen LogP contribution in [0.2, 0.25) is 0 Å². The summed E-state index contributed by atoms with van der Waals surface area (Å²) >= 11 is 0. The number of benzene rings is 1. The van der Waals surface area contributed by atoms with Crippen LogP contribution in [0.1, 0.15) is 28.0 Å². The van der Waals surface area contributed by atoms with Gasteiger partial charge >= 0.3 is 0 Å². The van der Waals surface area contributed by atoms with Gasteiger partial charge in [0.2, 0.25) is 0 Å². The summed E-state index contributed by atoms with van der Waals surface area (Å²) in [6.45, 7) is 3.30. The van der Waals surface area contributed by atoms with E-state index in [1.54, 1.807) is 6.20 Å². The molecule has 0 bridgehead atoms. The van der Waals surface area contributed by atoms with E-state index in [1.165, 1.54) is 5.56 Å². The van der Waals surface area contributed by atoms with Crippen LogP contribution in [0.3, 0.4) is 0 Å². The van der Waals surface area contributed by atoms with E-state index in [0.29, 0.717) is 12.1 Å². The monoisotopic (exact) mass is 338 g/mol. The van der Waals surface area contributed by atoms with E-state index in [9.17, 15) is 4.79 Å². The minimum absolute atomic E-state index is 0.0533. The minimum Gasteiger partial charge on any atom is -0.366 e. The number of amides is 1. The van der Waals surface area contributed by atoms with Gasteiger partial charge < -0.3 is 15.1 Å². The summed E-state index contributed by atoms with van der Waals surface area (Å²) in [6, 6.07) is 12.4. The smallest absolute Gasteiger partial charge is 0.252 e. The van der Waals surface area contributed by atoms with E-state index in [2.05, 4.69) is 39.5 Å². The number of carbonyl (C=O) groups is 1. The molecule has 0 fully saturated rings. The Morgan fingerprint density at radius 2 is 2.08 bits per heavy atom. The van der Waals surface area contributed by atoms with E-state index in [0.717, 1.165) is 43.9 Å². The summed E-state index contributed by atoms with van der Waals surface area (Å²) in [4.78, 5) is 21.3. The van der Waals surface area contributed by atoms with Crippen molar-refractivity contribution in [2.45, 2.75) is 19.4 Å². The molecule has 0 saturated carbocycles. The first kappa shape index (κ1) is 17.4. The Kier molecular flexibility index (Phi) is 5.66. The number of fused-ring (bicyclic) bond motifs is 1. The summed E-state index contributed by atoms with van der Waals surface area (Å²) in [7, 11) is 3.99. The predicted octanol–water partition coefficient (Wildman–Crippen LogP) is 2.33. The van der Waals surface area contributed by atoms with E-state index < -0.39 is 0 Å². The van der Waals surface area contributed by atoms with Crippen molar-refractivity contribution in [2.75, 3.05) is 38.6 Å². The Balaban J connectivity index is 1.74. The fraction of sp³-hybridized carbons (Fsp3) is 0.400. The third kappa shape index (κ3) is 4.57. The Bertz CT molecular complexity index is 715. The molecule has 1 aromatic heterocycles. The van der Waals surface area contributed by atoms with Crippen molar-refractivity contribution >= 4 is 11.6 Å². The van der Waals surface area contributed by atoms with Crippen LogP contribution in [0.4, 0.5) is 5.69 Å². The van der Waals surface area contributed by atoms with Crippen molar-refractivity contribution in [3.05, 3.63) is 59.4 Å². The Hall–Kier alpha value is -2.40. The molecule has 0 aliphatic carbocycles. The van der Waals surface area contributed by atoms with Gasteiger partial charge in [0, 0.05) is 32.4 Å². The van der Waals surface area contributed by atoms with Crippen molar-refractivity contribution in [1.29, 1.82) is 0 Å². The maximum absolute atomic E-state index is 12.4. The lowest BCUT2D eigenvalue weighted by atomic mass is 10.0. The molecule has 5 heteroatoms. The highest BCUT2D eigenvalue weighted by molar-refractivity contribution is 5.95. The molecule has 132 valence electrons. The topological polar surface area (TPSA) is 48.5 Å². The first-order valence-electron chi connectivity index (χ1n) is 8.84. The molecule has 3 rings (SSSR count). The molecule has 0 radical (unpaired) electrons. The maximum Gasteiger partial charge on any atom is 0.252 e. The molecule has 2 heterocycles. The highest BCUT2D eigenvalue weighted by Crippen LogP contribution is 2.27. The van der Waals surface area contributed by atoms with Crippen LogP contribution in [-0.4, -0.2) is 49.5 Å². The number of aryl methyl sites for hydroxylation is 1. The van der Waals surface area contributed by atoms with Crippen molar-refractivity contribution in [2.24, 2.45) is 0 Å². The van der Waals surface area contributed by atoms with E-state index >= 15 is 0 Å². The van der Waals surface area contributed by atoms with Gasteiger partial charge in [0.1, 0.15) is 0 Å². The zero-order valence-electron chi connectivity index (χ0n) is 15.0. The number of hydrogen-bond donors (Lipinski definition) is 1. The number of nitrogens with zero attached hydrogens (tertiary/aromatic N) is 3. The largest absolute Gasteiger partial charge is 0.366 e. The zero-order valence-corrected chi connectivity index (χ0v) is 15.0. The van der Waals surface area contributed by atoms with Crippen molar-refractivity contribution in [1.82, 2.24) is 15.2 Å². The van der Waals surface area contributed by atoms with Crippen LogP contribution in [-0.2, 0) is 13.0 Å². The molecular formula is C20H26N4O. The standard InChI is InChI=1S/C20H26N4O/c1-23(2)12-10-21-20(25)17-13-19-18(22-14-17)9-6-11-24(19)15-16-7-4-3-5-8-16/h3-5,7-8,13-14H,6,9-12,15H2,1-2H3,(H,21,25). The molecule has 1 N–H and O–H groups in total. The number of hydrogen-bond acceptors (Lipinski definition) is 4. The lowest BCUT2D eigenvalue weighted by Crippen LogP contribution is -2.33. The quantitative estimate of drug-likeness (QED) is 0.878. The second kappa shape index (κ2) is 8.12. The first-order chi connectivity index (χ1) is 12.1. The van der Waals surface area contributed by atoms with E-state index in [4.69, 9.17) is 0 Å². The molecule has 0 unspecified atom stereocenters. The average Bonchev–Trinajstić information content (AvgIpc) is 2.62. The van der Waals surface area contributed by atoms with Gasteiger partial charge in [-0.15, -0.1) is 0 Å². The van der Waals surface area contributed by atoms with Crippen molar-refractivity contribution in [3.63, 3.8) is 0 Å². The third-order valence-electron chi connectivity index (χ3n) is 4.45.